The first-order chi connectivity index (χ1) is 15.1. The smallest absolute Gasteiger partial charge is 0.282 e. The van der Waals surface area contributed by atoms with E-state index < -0.39 is 26.1 Å². The van der Waals surface area contributed by atoms with Crippen LogP contribution in [0.2, 0.25) is 0 Å². The molecule has 0 bridgehead atoms. The summed E-state index contributed by atoms with van der Waals surface area (Å²) in [6.45, 7) is 3.19. The fraction of sp³-hybridized carbons (Fsp3) is 0.833. The van der Waals surface area contributed by atoms with E-state index in [1.807, 2.05) is 7.05 Å². The molecule has 0 radical (unpaired) electrons. The molecule has 0 spiro atoms. The van der Waals surface area contributed by atoms with Gasteiger partial charge < -0.3 is 9.80 Å². The van der Waals surface area contributed by atoms with Crippen molar-refractivity contribution in [2.45, 2.75) is 25.3 Å². The largest absolute Gasteiger partial charge is 0.335 e. The van der Waals surface area contributed by atoms with Crippen molar-refractivity contribution in [3.05, 3.63) is 0 Å². The van der Waals surface area contributed by atoms with Crippen LogP contribution in [-0.2, 0) is 29.6 Å². The molecule has 3 saturated heterocycles. The van der Waals surface area contributed by atoms with Crippen molar-refractivity contribution in [1.82, 2.24) is 23.4 Å². The zero-order valence-electron chi connectivity index (χ0n) is 18.2. The van der Waals surface area contributed by atoms with Crippen LogP contribution < -0.4 is 0 Å². The highest BCUT2D eigenvalue weighted by Gasteiger charge is 2.39. The molecule has 1 unspecified atom stereocenters. The number of nitrogens with zero attached hydrogens (tertiary/aromatic N) is 6. The second kappa shape index (κ2) is 8.97. The zero-order chi connectivity index (χ0) is 23.1. The summed E-state index contributed by atoms with van der Waals surface area (Å²) in [4.78, 5) is 28.9. The summed E-state index contributed by atoms with van der Waals surface area (Å²) in [5.41, 5.74) is 0.226. The minimum atomic E-state index is -3.56. The number of rotatable bonds is 4. The van der Waals surface area contributed by atoms with E-state index in [9.17, 15) is 26.4 Å². The molecule has 180 valence electrons. The quantitative estimate of drug-likeness (QED) is 0.437. The number of sulfone groups is 1. The van der Waals surface area contributed by atoms with Gasteiger partial charge in [0.2, 0.25) is 5.91 Å². The van der Waals surface area contributed by atoms with E-state index in [4.69, 9.17) is 0 Å². The van der Waals surface area contributed by atoms with E-state index in [0.29, 0.717) is 32.6 Å². The molecule has 3 fully saturated rings. The standard InChI is InChI=1S/C18H30N6O6S2/c1-20-5-9-22(10-6-20)32(29,30)23-11-7-21(8-12-23)18(26)16-2-3-17(25)24(19-16)15-4-13-31(27,28)14-15/h15H,2-14H2,1H3. The maximum Gasteiger partial charge on any atom is 0.282 e. The molecule has 0 aliphatic carbocycles. The Bertz CT molecular complexity index is 997. The summed E-state index contributed by atoms with van der Waals surface area (Å²) in [6, 6.07) is -0.527. The lowest BCUT2D eigenvalue weighted by atomic mass is 10.1. The predicted octanol–water partition coefficient (Wildman–Crippen LogP) is -2.21. The number of hydrogen-bond donors (Lipinski definition) is 0. The molecule has 0 N–H and O–H groups in total. The first-order valence-electron chi connectivity index (χ1n) is 10.9. The van der Waals surface area contributed by atoms with Crippen molar-refractivity contribution in [3.63, 3.8) is 0 Å². The fourth-order valence-corrected chi connectivity index (χ4v) is 7.73. The lowest BCUT2D eigenvalue weighted by Crippen LogP contribution is -2.58. The number of carbonyl (C=O) groups excluding carboxylic acids is 2. The molecule has 1 atom stereocenters. The normalized spacial score (nSPS) is 28.7. The van der Waals surface area contributed by atoms with Gasteiger partial charge in [0.15, 0.2) is 9.84 Å². The minimum Gasteiger partial charge on any atom is -0.335 e. The van der Waals surface area contributed by atoms with Gasteiger partial charge >= 0.3 is 0 Å². The van der Waals surface area contributed by atoms with Crippen LogP contribution >= 0.6 is 0 Å². The molecule has 2 amide bonds. The van der Waals surface area contributed by atoms with Gasteiger partial charge in [-0.3, -0.25) is 9.59 Å². The number of hydrazone groups is 1. The van der Waals surface area contributed by atoms with Gasteiger partial charge in [0.25, 0.3) is 16.1 Å². The first kappa shape index (κ1) is 23.5. The molecule has 0 saturated carbocycles. The molecule has 0 aromatic heterocycles. The Morgan fingerprint density at radius 1 is 0.969 bits per heavy atom. The van der Waals surface area contributed by atoms with E-state index in [2.05, 4.69) is 10.0 Å². The molecule has 0 aromatic rings. The van der Waals surface area contributed by atoms with Gasteiger partial charge in [-0.25, -0.2) is 13.4 Å². The van der Waals surface area contributed by atoms with Crippen LogP contribution in [-0.4, -0.2) is 135 Å². The highest BCUT2D eigenvalue weighted by molar-refractivity contribution is 7.91. The van der Waals surface area contributed by atoms with Gasteiger partial charge in [0, 0.05) is 65.2 Å². The summed E-state index contributed by atoms with van der Waals surface area (Å²) in [6.07, 6.45) is 0.633. The van der Waals surface area contributed by atoms with Crippen molar-refractivity contribution >= 4 is 37.6 Å². The highest BCUT2D eigenvalue weighted by Crippen LogP contribution is 2.23. The van der Waals surface area contributed by atoms with Gasteiger partial charge in [0.05, 0.1) is 17.5 Å². The summed E-state index contributed by atoms with van der Waals surface area (Å²) in [5.74, 6) is -0.706. The molecule has 4 heterocycles. The Hall–Kier alpha value is -1.61. The number of hydrogen-bond acceptors (Lipinski definition) is 8. The lowest BCUT2D eigenvalue weighted by Gasteiger charge is -2.39. The van der Waals surface area contributed by atoms with E-state index >= 15 is 0 Å². The summed E-state index contributed by atoms with van der Waals surface area (Å²) in [5, 5.41) is 5.41. The van der Waals surface area contributed by atoms with Gasteiger partial charge in [0.1, 0.15) is 5.71 Å². The third-order valence-electron chi connectivity index (χ3n) is 6.50. The molecular formula is C18H30N6O6S2. The Kier molecular flexibility index (Phi) is 6.60. The molecule has 4 aliphatic heterocycles. The van der Waals surface area contributed by atoms with Crippen molar-refractivity contribution in [3.8, 4) is 0 Å². The van der Waals surface area contributed by atoms with Crippen molar-refractivity contribution in [2.75, 3.05) is 70.9 Å². The molecule has 4 aliphatic rings. The van der Waals surface area contributed by atoms with E-state index in [-0.39, 0.29) is 68.1 Å². The van der Waals surface area contributed by atoms with Crippen LogP contribution in [0, 0.1) is 0 Å². The Labute approximate surface area is 188 Å². The monoisotopic (exact) mass is 490 g/mol. The van der Waals surface area contributed by atoms with E-state index in [0.717, 1.165) is 0 Å². The van der Waals surface area contributed by atoms with Gasteiger partial charge in [-0.1, -0.05) is 0 Å². The maximum absolute atomic E-state index is 13.0. The Morgan fingerprint density at radius 3 is 2.12 bits per heavy atom. The van der Waals surface area contributed by atoms with Crippen LogP contribution in [0.4, 0.5) is 0 Å². The topological polar surface area (TPSA) is 131 Å². The lowest BCUT2D eigenvalue weighted by molar-refractivity contribution is -0.134. The number of amides is 2. The number of carbonyl (C=O) groups is 2. The Morgan fingerprint density at radius 2 is 1.56 bits per heavy atom. The molecular weight excluding hydrogens is 460 g/mol. The van der Waals surface area contributed by atoms with Crippen molar-refractivity contribution in [2.24, 2.45) is 5.10 Å². The third-order valence-corrected chi connectivity index (χ3v) is 10.3. The highest BCUT2D eigenvalue weighted by atomic mass is 32.2. The Balaban J connectivity index is 1.38. The number of likely N-dealkylation sites (N-methyl/N-ethyl adjacent to an activating group) is 1. The van der Waals surface area contributed by atoms with E-state index in [1.165, 1.54) is 13.6 Å². The predicted molar refractivity (Wildman–Crippen MR) is 117 cm³/mol. The van der Waals surface area contributed by atoms with Gasteiger partial charge in [-0.15, -0.1) is 0 Å². The van der Waals surface area contributed by atoms with E-state index in [1.54, 1.807) is 4.90 Å². The number of piperazine rings is 2. The third kappa shape index (κ3) is 4.83. The molecule has 4 rings (SSSR count). The fourth-order valence-electron chi connectivity index (χ4n) is 4.47. The van der Waals surface area contributed by atoms with Gasteiger partial charge in [-0.2, -0.15) is 22.1 Å². The average Bonchev–Trinajstić information content (AvgIpc) is 3.13. The SMILES string of the molecule is CN1CCN(S(=O)(=O)N2CCN(C(=O)C3=NN(C4CCS(=O)(=O)C4)C(=O)CC3)CC2)CC1. The molecule has 32 heavy (non-hydrogen) atoms. The van der Waals surface area contributed by atoms with Crippen LogP contribution in [0.15, 0.2) is 5.10 Å². The van der Waals surface area contributed by atoms with Gasteiger partial charge in [-0.05, 0) is 13.5 Å². The summed E-state index contributed by atoms with van der Waals surface area (Å²) in [7, 11) is -4.78. The van der Waals surface area contributed by atoms with Crippen molar-refractivity contribution in [1.29, 1.82) is 0 Å². The second-order valence-corrected chi connectivity index (χ2v) is 12.9. The average molecular weight is 491 g/mol. The van der Waals surface area contributed by atoms with Crippen molar-refractivity contribution < 1.29 is 26.4 Å². The van der Waals surface area contributed by atoms with Crippen LogP contribution in [0.3, 0.4) is 0 Å². The van der Waals surface area contributed by atoms with Crippen LogP contribution in [0.25, 0.3) is 0 Å². The van der Waals surface area contributed by atoms with Crippen LogP contribution in [0.1, 0.15) is 19.3 Å². The second-order valence-electron chi connectivity index (χ2n) is 8.74. The first-order valence-corrected chi connectivity index (χ1v) is 14.1. The maximum atomic E-state index is 13.0. The minimum absolute atomic E-state index is 0.0178. The zero-order valence-corrected chi connectivity index (χ0v) is 19.9. The molecule has 12 nitrogen and oxygen atoms in total. The molecule has 0 aromatic carbocycles. The van der Waals surface area contributed by atoms with Crippen LogP contribution in [0.5, 0.6) is 0 Å². The summed E-state index contributed by atoms with van der Waals surface area (Å²) < 4.78 is 52.3. The molecule has 14 heteroatoms. The summed E-state index contributed by atoms with van der Waals surface area (Å²) >= 11 is 0.